The highest BCUT2D eigenvalue weighted by Gasteiger charge is 2.34. The van der Waals surface area contributed by atoms with Gasteiger partial charge in [0, 0.05) is 19.2 Å². The predicted octanol–water partition coefficient (Wildman–Crippen LogP) is 7.13. The van der Waals surface area contributed by atoms with Crippen LogP contribution in [0.25, 0.3) is 0 Å². The Balaban J connectivity index is 1.81. The maximum Gasteiger partial charge on any atom is 0.416 e. The number of nitrogens with one attached hydrogen (secondary N) is 1. The molecule has 36 heavy (non-hydrogen) atoms. The van der Waals surface area contributed by atoms with Crippen molar-refractivity contribution in [3.8, 4) is 0 Å². The zero-order valence-electron chi connectivity index (χ0n) is 19.1. The van der Waals surface area contributed by atoms with Gasteiger partial charge in [-0.25, -0.2) is 0 Å². The number of anilines is 2. The Kier molecular flexibility index (Phi) is 8.42. The van der Waals surface area contributed by atoms with Crippen LogP contribution in [-0.4, -0.2) is 29.7 Å². The van der Waals surface area contributed by atoms with Gasteiger partial charge in [-0.3, -0.25) is 14.9 Å². The van der Waals surface area contributed by atoms with Crippen molar-refractivity contribution in [2.24, 2.45) is 0 Å². The highest BCUT2D eigenvalue weighted by Crippen LogP contribution is 2.39. The van der Waals surface area contributed by atoms with Gasteiger partial charge in [-0.2, -0.15) is 26.3 Å². The van der Waals surface area contributed by atoms with Gasteiger partial charge in [0.15, 0.2) is 0 Å². The first-order valence-electron chi connectivity index (χ1n) is 11.0. The predicted molar refractivity (Wildman–Crippen MR) is 124 cm³/mol. The summed E-state index contributed by atoms with van der Waals surface area (Å²) in [5.41, 5.74) is -2.65. The molecule has 2 aromatic carbocycles. The van der Waals surface area contributed by atoms with E-state index in [1.807, 2.05) is 4.90 Å². The van der Waals surface area contributed by atoms with Gasteiger partial charge in [-0.15, -0.1) is 11.8 Å². The number of nitro benzene ring substituents is 1. The second kappa shape index (κ2) is 11.0. The summed E-state index contributed by atoms with van der Waals surface area (Å²) in [7, 11) is 1.74. The number of amides is 1. The fourth-order valence-electron chi connectivity index (χ4n) is 4.07. The number of alkyl halides is 6. The minimum Gasteiger partial charge on any atom is -0.370 e. The van der Waals surface area contributed by atoms with E-state index in [0.717, 1.165) is 50.3 Å². The van der Waals surface area contributed by atoms with Crippen LogP contribution < -0.4 is 10.2 Å². The number of halogens is 6. The second-order valence-corrected chi connectivity index (χ2v) is 9.42. The molecule has 0 atom stereocenters. The van der Waals surface area contributed by atoms with Crippen molar-refractivity contribution >= 4 is 34.7 Å². The minimum absolute atomic E-state index is 0.0644. The van der Waals surface area contributed by atoms with Crippen molar-refractivity contribution < 1.29 is 36.1 Å². The van der Waals surface area contributed by atoms with Crippen LogP contribution >= 0.6 is 11.8 Å². The lowest BCUT2D eigenvalue weighted by Crippen LogP contribution is -2.34. The summed E-state index contributed by atoms with van der Waals surface area (Å²) in [5.74, 6) is -1.22. The molecule has 1 saturated carbocycles. The molecule has 0 aromatic heterocycles. The first kappa shape index (κ1) is 27.6. The molecule has 13 heteroatoms. The topological polar surface area (TPSA) is 75.5 Å². The lowest BCUT2D eigenvalue weighted by molar-refractivity contribution is -0.388. The summed E-state index contributed by atoms with van der Waals surface area (Å²) in [6, 6.07) is 5.09. The average Bonchev–Trinajstić information content (AvgIpc) is 2.81. The third kappa shape index (κ3) is 6.83. The number of thioether (sulfide) groups is 1. The Hall–Kier alpha value is -2.96. The van der Waals surface area contributed by atoms with E-state index in [4.69, 9.17) is 0 Å². The third-order valence-corrected chi connectivity index (χ3v) is 7.00. The van der Waals surface area contributed by atoms with Crippen LogP contribution in [0.4, 0.5) is 43.4 Å². The molecular formula is C23H23F6N3O3S. The number of carbonyl (C=O) groups is 1. The van der Waals surface area contributed by atoms with Crippen LogP contribution in [0.3, 0.4) is 0 Å². The number of carbonyl (C=O) groups excluding carboxylic acids is 1. The van der Waals surface area contributed by atoms with Gasteiger partial charge in [-0.05, 0) is 43.2 Å². The standard InChI is InChI=1S/C23H23F6N3O3S/c1-31(16-5-3-2-4-6-16)18-9-7-14(22(24,25)26)11-17(18)30-21(33)13-36-20-10-8-15(23(27,28)29)12-19(20)32(34)35/h7-12,16H,2-6,13H2,1H3,(H,30,33). The number of nitrogens with zero attached hydrogens (tertiary/aromatic N) is 2. The van der Waals surface area contributed by atoms with E-state index in [9.17, 15) is 41.3 Å². The fraction of sp³-hybridized carbons (Fsp3) is 0.435. The summed E-state index contributed by atoms with van der Waals surface area (Å²) < 4.78 is 78.7. The molecule has 0 unspecified atom stereocenters. The molecule has 1 amide bonds. The molecule has 0 bridgehead atoms. The highest BCUT2D eigenvalue weighted by atomic mass is 32.2. The van der Waals surface area contributed by atoms with E-state index in [2.05, 4.69) is 5.32 Å². The first-order valence-corrected chi connectivity index (χ1v) is 12.0. The summed E-state index contributed by atoms with van der Waals surface area (Å²) in [6.45, 7) is 0. The monoisotopic (exact) mass is 535 g/mol. The molecule has 196 valence electrons. The van der Waals surface area contributed by atoms with Gasteiger partial charge >= 0.3 is 12.4 Å². The second-order valence-electron chi connectivity index (χ2n) is 8.41. The van der Waals surface area contributed by atoms with Crippen molar-refractivity contribution in [1.29, 1.82) is 0 Å². The van der Waals surface area contributed by atoms with Crippen LogP contribution in [0.15, 0.2) is 41.3 Å². The molecule has 0 aliphatic heterocycles. The van der Waals surface area contributed by atoms with Crippen LogP contribution in [-0.2, 0) is 17.1 Å². The van der Waals surface area contributed by atoms with Gasteiger partial charge in [-0.1, -0.05) is 19.3 Å². The van der Waals surface area contributed by atoms with Gasteiger partial charge in [0.1, 0.15) is 0 Å². The largest absolute Gasteiger partial charge is 0.416 e. The van der Waals surface area contributed by atoms with Crippen molar-refractivity contribution in [2.45, 2.75) is 55.4 Å². The third-order valence-electron chi connectivity index (χ3n) is 5.94. The molecule has 1 N–H and O–H groups in total. The first-order chi connectivity index (χ1) is 16.8. The molecule has 1 aliphatic rings. The lowest BCUT2D eigenvalue weighted by atomic mass is 9.94. The van der Waals surface area contributed by atoms with Crippen molar-refractivity contribution in [2.75, 3.05) is 23.0 Å². The number of hydrogen-bond donors (Lipinski definition) is 1. The van der Waals surface area contributed by atoms with Gasteiger partial charge in [0.2, 0.25) is 5.91 Å². The van der Waals surface area contributed by atoms with Crippen molar-refractivity contribution in [3.05, 3.63) is 57.6 Å². The molecule has 0 radical (unpaired) electrons. The smallest absolute Gasteiger partial charge is 0.370 e. The van der Waals surface area contributed by atoms with Crippen molar-refractivity contribution in [3.63, 3.8) is 0 Å². The number of benzene rings is 2. The van der Waals surface area contributed by atoms with Crippen LogP contribution in [0.2, 0.25) is 0 Å². The van der Waals surface area contributed by atoms with Crippen LogP contribution in [0, 0.1) is 10.1 Å². The molecular weight excluding hydrogens is 512 g/mol. The quantitative estimate of drug-likeness (QED) is 0.177. The van der Waals surface area contributed by atoms with E-state index < -0.39 is 45.8 Å². The zero-order chi connectivity index (χ0) is 26.7. The van der Waals surface area contributed by atoms with Crippen molar-refractivity contribution in [1.82, 2.24) is 0 Å². The highest BCUT2D eigenvalue weighted by molar-refractivity contribution is 8.00. The summed E-state index contributed by atoms with van der Waals surface area (Å²) >= 11 is 0.617. The number of hydrogen-bond acceptors (Lipinski definition) is 5. The molecule has 6 nitrogen and oxygen atoms in total. The number of rotatable bonds is 7. The Morgan fingerprint density at radius 1 is 1.03 bits per heavy atom. The Morgan fingerprint density at radius 3 is 2.19 bits per heavy atom. The van der Waals surface area contributed by atoms with Gasteiger partial charge in [0.05, 0.1) is 38.1 Å². The Morgan fingerprint density at radius 2 is 1.61 bits per heavy atom. The van der Waals surface area contributed by atoms with E-state index in [0.29, 0.717) is 29.6 Å². The molecule has 1 fully saturated rings. The van der Waals surface area contributed by atoms with E-state index >= 15 is 0 Å². The lowest BCUT2D eigenvalue weighted by Gasteiger charge is -2.34. The summed E-state index contributed by atoms with van der Waals surface area (Å²) in [5, 5.41) is 13.7. The molecule has 2 aromatic rings. The maximum atomic E-state index is 13.3. The molecule has 0 heterocycles. The van der Waals surface area contributed by atoms with E-state index in [1.165, 1.54) is 6.07 Å². The number of nitro groups is 1. The van der Waals surface area contributed by atoms with Crippen LogP contribution in [0.5, 0.6) is 0 Å². The molecule has 3 rings (SSSR count). The molecule has 0 spiro atoms. The maximum absolute atomic E-state index is 13.3. The van der Waals surface area contributed by atoms with E-state index in [-0.39, 0.29) is 16.6 Å². The Labute approximate surface area is 207 Å². The summed E-state index contributed by atoms with van der Waals surface area (Å²) in [6.07, 6.45) is -4.66. The minimum atomic E-state index is -4.78. The SMILES string of the molecule is CN(c1ccc(C(F)(F)F)cc1NC(=O)CSc1ccc(C(F)(F)F)cc1[N+](=O)[O-])C1CCCCC1. The average molecular weight is 536 g/mol. The normalized spacial score (nSPS) is 15.0. The molecule has 1 aliphatic carbocycles. The van der Waals surface area contributed by atoms with E-state index in [1.54, 1.807) is 7.05 Å². The van der Waals surface area contributed by atoms with Crippen LogP contribution in [0.1, 0.15) is 43.2 Å². The fourth-order valence-corrected chi connectivity index (χ4v) is 4.88. The summed E-state index contributed by atoms with van der Waals surface area (Å²) in [4.78, 5) is 24.5. The molecule has 0 saturated heterocycles. The van der Waals surface area contributed by atoms with Gasteiger partial charge in [0.25, 0.3) is 5.69 Å². The zero-order valence-corrected chi connectivity index (χ0v) is 19.9. The van der Waals surface area contributed by atoms with Gasteiger partial charge < -0.3 is 10.2 Å². The Bertz CT molecular complexity index is 1120.